The first-order chi connectivity index (χ1) is 21.4. The van der Waals surface area contributed by atoms with Gasteiger partial charge in [0.25, 0.3) is 0 Å². The molecule has 8 N–H and O–H groups in total. The molecule has 4 amide bonds. The Morgan fingerprint density at radius 1 is 0.911 bits per heavy atom. The SMILES string of the molecule is COC(=O)CCC(CC(=O)CCOCCN)C(=O)N[C@H](C(=O)C[C@@H](CCCNC(N)=O)C(=O)Nc1ccc(CO)cc1)C(C)C. The van der Waals surface area contributed by atoms with Gasteiger partial charge in [-0.2, -0.15) is 0 Å². The highest BCUT2D eigenvalue weighted by Gasteiger charge is 2.32. The predicted molar refractivity (Wildman–Crippen MR) is 167 cm³/mol. The third-order valence-corrected chi connectivity index (χ3v) is 7.12. The van der Waals surface area contributed by atoms with Crippen LogP contribution in [-0.2, 0) is 40.1 Å². The van der Waals surface area contributed by atoms with Gasteiger partial charge >= 0.3 is 12.0 Å². The van der Waals surface area contributed by atoms with Gasteiger partial charge in [-0.1, -0.05) is 26.0 Å². The predicted octanol–water partition coefficient (Wildman–Crippen LogP) is 1.18. The maximum atomic E-state index is 13.6. The number of carbonyl (C=O) groups is 6. The number of Topliss-reactive ketones (excluding diaryl/α,β-unsaturated/α-hetero) is 2. The Morgan fingerprint density at radius 3 is 2.16 bits per heavy atom. The highest BCUT2D eigenvalue weighted by molar-refractivity contribution is 5.98. The second-order valence-electron chi connectivity index (χ2n) is 11.1. The van der Waals surface area contributed by atoms with Gasteiger partial charge < -0.3 is 42.0 Å². The van der Waals surface area contributed by atoms with E-state index in [1.54, 1.807) is 38.1 Å². The number of carbonyl (C=O) groups excluding carboxylic acids is 6. The maximum Gasteiger partial charge on any atom is 0.312 e. The number of nitrogens with two attached hydrogens (primary N) is 2. The molecule has 0 heterocycles. The summed E-state index contributed by atoms with van der Waals surface area (Å²) >= 11 is 0. The van der Waals surface area contributed by atoms with Crippen LogP contribution < -0.4 is 27.4 Å². The summed E-state index contributed by atoms with van der Waals surface area (Å²) in [4.78, 5) is 75.7. The molecule has 0 aliphatic rings. The smallest absolute Gasteiger partial charge is 0.312 e. The van der Waals surface area contributed by atoms with E-state index in [-0.39, 0.29) is 75.8 Å². The molecule has 14 heteroatoms. The standard InChI is InChI=1S/C31H49N5O9/c1-20(2)28(36-30(42)23(8-11-27(40)44-3)17-25(38)12-15-45-16-13-32)26(39)18-22(5-4-14-34-31(33)43)29(41)35-24-9-6-21(19-37)7-10-24/h6-7,9-10,20,22-23,28,37H,4-5,8,11-19,32H2,1-3H3,(H,35,41)(H,36,42)(H3,33,34,43)/t22-,23?,28+/m1/s1. The molecule has 1 unspecified atom stereocenters. The van der Waals surface area contributed by atoms with Crippen LogP contribution in [0.25, 0.3) is 0 Å². The zero-order valence-corrected chi connectivity index (χ0v) is 26.5. The average molecular weight is 636 g/mol. The Bertz CT molecular complexity index is 1110. The highest BCUT2D eigenvalue weighted by atomic mass is 16.5. The molecule has 0 bridgehead atoms. The number of ketones is 2. The summed E-state index contributed by atoms with van der Waals surface area (Å²) in [6, 6.07) is 4.91. The summed E-state index contributed by atoms with van der Waals surface area (Å²) in [7, 11) is 1.23. The second kappa shape index (κ2) is 21.8. The van der Waals surface area contributed by atoms with Crippen molar-refractivity contribution in [1.82, 2.24) is 10.6 Å². The maximum absolute atomic E-state index is 13.6. The molecule has 1 aromatic rings. The summed E-state index contributed by atoms with van der Waals surface area (Å²) in [5.41, 5.74) is 11.7. The molecular formula is C31H49N5O9. The summed E-state index contributed by atoms with van der Waals surface area (Å²) in [5, 5.41) is 17.3. The number of hydrogen-bond donors (Lipinski definition) is 6. The topological polar surface area (TPSA) is 229 Å². The molecule has 3 atom stereocenters. The number of nitrogens with one attached hydrogen (secondary N) is 3. The van der Waals surface area contributed by atoms with Gasteiger partial charge in [0.15, 0.2) is 5.78 Å². The first-order valence-electron chi connectivity index (χ1n) is 15.1. The van der Waals surface area contributed by atoms with Crippen molar-refractivity contribution in [2.24, 2.45) is 29.2 Å². The molecule has 14 nitrogen and oxygen atoms in total. The normalized spacial score (nSPS) is 12.9. The summed E-state index contributed by atoms with van der Waals surface area (Å²) in [6.45, 7) is 4.32. The lowest BCUT2D eigenvalue weighted by molar-refractivity contribution is -0.142. The number of amides is 4. The number of benzene rings is 1. The highest BCUT2D eigenvalue weighted by Crippen LogP contribution is 2.21. The van der Waals surface area contributed by atoms with Crippen molar-refractivity contribution in [3.8, 4) is 0 Å². The summed E-state index contributed by atoms with van der Waals surface area (Å²) in [5.74, 6) is -4.18. The number of esters is 1. The van der Waals surface area contributed by atoms with Gasteiger partial charge in [-0.15, -0.1) is 0 Å². The van der Waals surface area contributed by atoms with E-state index in [4.69, 9.17) is 16.2 Å². The number of aliphatic hydroxyl groups excluding tert-OH is 1. The van der Waals surface area contributed by atoms with E-state index in [1.807, 2.05) is 0 Å². The monoisotopic (exact) mass is 635 g/mol. The van der Waals surface area contributed by atoms with Crippen molar-refractivity contribution in [3.05, 3.63) is 29.8 Å². The molecule has 1 aromatic carbocycles. The van der Waals surface area contributed by atoms with Crippen LogP contribution in [0.3, 0.4) is 0 Å². The number of urea groups is 1. The number of ether oxygens (including phenoxy) is 2. The van der Waals surface area contributed by atoms with E-state index >= 15 is 0 Å². The van der Waals surface area contributed by atoms with Gasteiger partial charge in [0, 0.05) is 56.3 Å². The number of primary amides is 1. The average Bonchev–Trinajstić information content (AvgIpc) is 3.01. The minimum atomic E-state index is -0.969. The second-order valence-corrected chi connectivity index (χ2v) is 11.1. The summed E-state index contributed by atoms with van der Waals surface area (Å²) < 4.78 is 9.94. The Kier molecular flexibility index (Phi) is 18.9. The minimum Gasteiger partial charge on any atom is -0.469 e. The van der Waals surface area contributed by atoms with Crippen molar-refractivity contribution in [3.63, 3.8) is 0 Å². The van der Waals surface area contributed by atoms with Crippen molar-refractivity contribution >= 4 is 41.1 Å². The Hall–Kier alpha value is -3.88. The van der Waals surface area contributed by atoms with Crippen molar-refractivity contribution < 1.29 is 43.3 Å². The van der Waals surface area contributed by atoms with Crippen LogP contribution in [0.15, 0.2) is 24.3 Å². The minimum absolute atomic E-state index is 0.0415. The van der Waals surface area contributed by atoms with Gasteiger partial charge in [0.1, 0.15) is 5.78 Å². The molecule has 0 fully saturated rings. The molecule has 0 aliphatic heterocycles. The molecule has 0 spiro atoms. The molecule has 0 aliphatic carbocycles. The van der Waals surface area contributed by atoms with Crippen LogP contribution in [0.4, 0.5) is 10.5 Å². The number of methoxy groups -OCH3 is 1. The fourth-order valence-corrected chi connectivity index (χ4v) is 4.55. The zero-order valence-electron chi connectivity index (χ0n) is 26.5. The van der Waals surface area contributed by atoms with E-state index in [1.165, 1.54) is 7.11 Å². The van der Waals surface area contributed by atoms with Crippen molar-refractivity contribution in [1.29, 1.82) is 0 Å². The van der Waals surface area contributed by atoms with Gasteiger partial charge in [0.2, 0.25) is 11.8 Å². The third-order valence-electron chi connectivity index (χ3n) is 7.12. The number of aliphatic hydroxyl groups is 1. The Labute approximate surface area is 264 Å². The lowest BCUT2D eigenvalue weighted by Crippen LogP contribution is -2.48. The van der Waals surface area contributed by atoms with E-state index in [0.717, 1.165) is 0 Å². The van der Waals surface area contributed by atoms with Crippen LogP contribution in [0.5, 0.6) is 0 Å². The van der Waals surface area contributed by atoms with Gasteiger partial charge in [-0.3, -0.25) is 24.0 Å². The molecule has 252 valence electrons. The molecular weight excluding hydrogens is 586 g/mol. The van der Waals surface area contributed by atoms with E-state index < -0.39 is 41.7 Å². The van der Waals surface area contributed by atoms with Crippen molar-refractivity contribution in [2.45, 2.75) is 71.4 Å². The fourth-order valence-electron chi connectivity index (χ4n) is 4.55. The van der Waals surface area contributed by atoms with Gasteiger partial charge in [-0.05, 0) is 42.9 Å². The largest absolute Gasteiger partial charge is 0.469 e. The van der Waals surface area contributed by atoms with E-state index in [0.29, 0.717) is 30.8 Å². The van der Waals surface area contributed by atoms with Crippen LogP contribution in [-0.4, -0.2) is 79.9 Å². The quantitative estimate of drug-likeness (QED) is 0.0743. The van der Waals surface area contributed by atoms with Gasteiger partial charge in [0.05, 0.1) is 33.0 Å². The first kappa shape index (κ1) is 39.1. The van der Waals surface area contributed by atoms with Crippen LogP contribution in [0.2, 0.25) is 0 Å². The van der Waals surface area contributed by atoms with Crippen LogP contribution in [0, 0.1) is 17.8 Å². The molecule has 45 heavy (non-hydrogen) atoms. The van der Waals surface area contributed by atoms with Crippen molar-refractivity contribution in [2.75, 3.05) is 38.7 Å². The van der Waals surface area contributed by atoms with E-state index in [2.05, 4.69) is 20.7 Å². The number of hydrogen-bond acceptors (Lipinski definition) is 10. The lowest BCUT2D eigenvalue weighted by Gasteiger charge is -2.26. The van der Waals surface area contributed by atoms with Crippen LogP contribution >= 0.6 is 0 Å². The molecule has 0 saturated carbocycles. The number of anilines is 1. The number of rotatable bonds is 23. The van der Waals surface area contributed by atoms with Crippen LogP contribution in [0.1, 0.15) is 64.4 Å². The first-order valence-corrected chi connectivity index (χ1v) is 15.1. The Morgan fingerprint density at radius 2 is 1.58 bits per heavy atom. The molecule has 0 aromatic heterocycles. The molecule has 0 radical (unpaired) electrons. The molecule has 1 rings (SSSR count). The van der Waals surface area contributed by atoms with Gasteiger partial charge in [-0.25, -0.2) is 4.79 Å². The fraction of sp³-hybridized carbons (Fsp3) is 0.613. The Balaban J connectivity index is 3.05. The van der Waals surface area contributed by atoms with E-state index in [9.17, 15) is 33.9 Å². The zero-order chi connectivity index (χ0) is 33.8. The third kappa shape index (κ3) is 16.1. The summed E-state index contributed by atoms with van der Waals surface area (Å²) in [6.07, 6.45) is 0.271. The lowest BCUT2D eigenvalue weighted by atomic mass is 9.88. The molecule has 0 saturated heterocycles.